The lowest BCUT2D eigenvalue weighted by molar-refractivity contribution is 0.0686. The molecule has 0 saturated carbocycles. The maximum atomic E-state index is 11.3. The second-order valence-electron chi connectivity index (χ2n) is 9.84. The Hall–Kier alpha value is -4.64. The highest BCUT2D eigenvalue weighted by Crippen LogP contribution is 2.24. The van der Waals surface area contributed by atoms with Crippen LogP contribution in [-0.4, -0.2) is 28.8 Å². The fourth-order valence-electron chi connectivity index (χ4n) is 4.61. The van der Waals surface area contributed by atoms with Crippen LogP contribution in [0, 0.1) is 5.92 Å². The lowest BCUT2D eigenvalue weighted by Crippen LogP contribution is -2.05. The monoisotopic (exact) mass is 534 g/mol. The van der Waals surface area contributed by atoms with Gasteiger partial charge in [-0.1, -0.05) is 84.9 Å². The molecule has 0 aliphatic heterocycles. The summed E-state index contributed by atoms with van der Waals surface area (Å²) in [6.45, 7) is 0.630. The Morgan fingerprint density at radius 3 is 1.90 bits per heavy atom. The van der Waals surface area contributed by atoms with Crippen LogP contribution in [0.4, 0.5) is 0 Å². The Balaban J connectivity index is 1.44. The highest BCUT2D eigenvalue weighted by Gasteiger charge is 2.11. The van der Waals surface area contributed by atoms with Gasteiger partial charge in [0.2, 0.25) is 0 Å². The van der Waals surface area contributed by atoms with E-state index < -0.39 is 11.9 Å². The zero-order valence-corrected chi connectivity index (χ0v) is 22.4. The molecule has 0 aliphatic carbocycles. The average Bonchev–Trinajstić information content (AvgIpc) is 2.98. The maximum Gasteiger partial charge on any atom is 0.335 e. The van der Waals surface area contributed by atoms with E-state index in [4.69, 9.17) is 4.74 Å². The standard InChI is InChI=1S/C35H34O5/c36-34(37)31-20-14-27(15-21-31)12-13-28(25-29-17-22-32(23-18-29)35(38)39)16-19-30-10-4-5-11-33(30)40-24-6-9-26-7-2-1-3-8-26/h1-5,7-8,10-11,14-23,28H,6,9,12-13,24-25H2,(H,36,37)(H,38,39). The number of allylic oxidation sites excluding steroid dienone is 1. The number of carboxylic acid groups (broad SMARTS) is 2. The van der Waals surface area contributed by atoms with Crippen LogP contribution in [-0.2, 0) is 19.3 Å². The first-order valence-corrected chi connectivity index (χ1v) is 13.6. The minimum Gasteiger partial charge on any atom is -0.493 e. The molecular weight excluding hydrogens is 500 g/mol. The fraction of sp³-hybridized carbons (Fsp3) is 0.200. The summed E-state index contributed by atoms with van der Waals surface area (Å²) < 4.78 is 6.15. The zero-order valence-electron chi connectivity index (χ0n) is 22.4. The number of ether oxygens (including phenoxy) is 1. The molecule has 40 heavy (non-hydrogen) atoms. The highest BCUT2D eigenvalue weighted by atomic mass is 16.5. The molecule has 0 fully saturated rings. The quantitative estimate of drug-likeness (QED) is 0.163. The smallest absolute Gasteiger partial charge is 0.335 e. The van der Waals surface area contributed by atoms with Crippen molar-refractivity contribution in [2.75, 3.05) is 6.61 Å². The summed E-state index contributed by atoms with van der Waals surface area (Å²) in [6.07, 6.45) is 8.60. The van der Waals surface area contributed by atoms with Gasteiger partial charge in [-0.25, -0.2) is 9.59 Å². The number of aryl methyl sites for hydroxylation is 2. The van der Waals surface area contributed by atoms with Gasteiger partial charge in [0.15, 0.2) is 0 Å². The molecule has 4 aromatic carbocycles. The molecule has 5 nitrogen and oxygen atoms in total. The normalized spacial score (nSPS) is 11.8. The largest absolute Gasteiger partial charge is 0.493 e. The Labute approximate surface area is 235 Å². The minimum atomic E-state index is -0.937. The SMILES string of the molecule is O=C(O)c1ccc(CCC(C=Cc2ccccc2OCCCc2ccccc2)Cc2ccc(C(=O)O)cc2)cc1. The van der Waals surface area contributed by atoms with Crippen molar-refractivity contribution in [1.29, 1.82) is 0 Å². The van der Waals surface area contributed by atoms with Crippen LogP contribution in [0.25, 0.3) is 6.08 Å². The first-order chi connectivity index (χ1) is 19.5. The molecule has 2 N–H and O–H groups in total. The fourth-order valence-corrected chi connectivity index (χ4v) is 4.61. The molecule has 5 heteroatoms. The molecule has 0 saturated heterocycles. The van der Waals surface area contributed by atoms with Gasteiger partial charge in [-0.3, -0.25) is 0 Å². The maximum absolute atomic E-state index is 11.3. The second kappa shape index (κ2) is 14.5. The lowest BCUT2D eigenvalue weighted by atomic mass is 9.91. The predicted molar refractivity (Wildman–Crippen MR) is 158 cm³/mol. The van der Waals surface area contributed by atoms with Gasteiger partial charge in [0.05, 0.1) is 17.7 Å². The molecule has 0 aromatic heterocycles. The van der Waals surface area contributed by atoms with Crippen LogP contribution < -0.4 is 4.74 Å². The summed E-state index contributed by atoms with van der Waals surface area (Å²) in [4.78, 5) is 22.4. The van der Waals surface area contributed by atoms with Crippen LogP contribution in [0.15, 0.2) is 109 Å². The number of carboxylic acids is 2. The van der Waals surface area contributed by atoms with Gasteiger partial charge in [-0.2, -0.15) is 0 Å². The van der Waals surface area contributed by atoms with E-state index in [9.17, 15) is 19.8 Å². The number of benzene rings is 4. The van der Waals surface area contributed by atoms with Gasteiger partial charge >= 0.3 is 11.9 Å². The molecule has 0 spiro atoms. The van der Waals surface area contributed by atoms with Crippen molar-refractivity contribution in [3.05, 3.63) is 143 Å². The summed E-state index contributed by atoms with van der Waals surface area (Å²) in [5.41, 5.74) is 5.00. The average molecular weight is 535 g/mol. The number of rotatable bonds is 14. The number of hydrogen-bond acceptors (Lipinski definition) is 3. The van der Waals surface area contributed by atoms with Gasteiger partial charge in [0.25, 0.3) is 0 Å². The van der Waals surface area contributed by atoms with Crippen molar-refractivity contribution in [3.8, 4) is 5.75 Å². The molecule has 4 aromatic rings. The molecule has 204 valence electrons. The summed E-state index contributed by atoms with van der Waals surface area (Å²) in [7, 11) is 0. The van der Waals surface area contributed by atoms with E-state index in [0.29, 0.717) is 6.61 Å². The lowest BCUT2D eigenvalue weighted by Gasteiger charge is -2.15. The molecule has 0 bridgehead atoms. The van der Waals surface area contributed by atoms with Crippen LogP contribution in [0.2, 0.25) is 0 Å². The summed E-state index contributed by atoms with van der Waals surface area (Å²) in [5, 5.41) is 18.4. The number of hydrogen-bond donors (Lipinski definition) is 2. The third-order valence-corrected chi connectivity index (χ3v) is 6.88. The zero-order chi connectivity index (χ0) is 28.2. The summed E-state index contributed by atoms with van der Waals surface area (Å²) in [6, 6.07) is 32.4. The van der Waals surface area contributed by atoms with E-state index in [1.807, 2.05) is 54.6 Å². The molecule has 1 atom stereocenters. The molecule has 0 amide bonds. The Bertz CT molecular complexity index is 1410. The van der Waals surface area contributed by atoms with Gasteiger partial charge in [0.1, 0.15) is 5.75 Å². The Kier molecular flexibility index (Phi) is 10.3. The minimum absolute atomic E-state index is 0.181. The van der Waals surface area contributed by atoms with Gasteiger partial charge < -0.3 is 14.9 Å². The molecule has 0 radical (unpaired) electrons. The van der Waals surface area contributed by atoms with Gasteiger partial charge in [-0.05, 0) is 85.0 Å². The Morgan fingerprint density at radius 1 is 0.675 bits per heavy atom. The topological polar surface area (TPSA) is 83.8 Å². The predicted octanol–water partition coefficient (Wildman–Crippen LogP) is 7.60. The van der Waals surface area contributed by atoms with E-state index >= 15 is 0 Å². The number of para-hydroxylation sites is 1. The van der Waals surface area contributed by atoms with Crippen molar-refractivity contribution >= 4 is 18.0 Å². The van der Waals surface area contributed by atoms with E-state index in [2.05, 4.69) is 36.4 Å². The van der Waals surface area contributed by atoms with Crippen LogP contribution >= 0.6 is 0 Å². The first kappa shape index (κ1) is 28.4. The van der Waals surface area contributed by atoms with Gasteiger partial charge in [-0.15, -0.1) is 0 Å². The number of aromatic carboxylic acids is 2. The summed E-state index contributed by atoms with van der Waals surface area (Å²) >= 11 is 0. The highest BCUT2D eigenvalue weighted by molar-refractivity contribution is 5.88. The van der Waals surface area contributed by atoms with Crippen LogP contribution in [0.1, 0.15) is 55.8 Å². The van der Waals surface area contributed by atoms with Crippen molar-refractivity contribution in [2.45, 2.75) is 32.1 Å². The van der Waals surface area contributed by atoms with Crippen molar-refractivity contribution in [2.24, 2.45) is 5.92 Å². The first-order valence-electron chi connectivity index (χ1n) is 13.6. The Morgan fingerprint density at radius 2 is 1.25 bits per heavy atom. The second-order valence-corrected chi connectivity index (χ2v) is 9.84. The number of carbonyl (C=O) groups is 2. The molecule has 0 aliphatic rings. The van der Waals surface area contributed by atoms with E-state index in [-0.39, 0.29) is 17.0 Å². The molecule has 0 heterocycles. The van der Waals surface area contributed by atoms with Crippen molar-refractivity contribution in [3.63, 3.8) is 0 Å². The van der Waals surface area contributed by atoms with E-state index in [1.54, 1.807) is 24.3 Å². The van der Waals surface area contributed by atoms with E-state index in [1.165, 1.54) is 5.56 Å². The van der Waals surface area contributed by atoms with Crippen molar-refractivity contribution in [1.82, 2.24) is 0 Å². The molecule has 1 unspecified atom stereocenters. The van der Waals surface area contributed by atoms with E-state index in [0.717, 1.165) is 54.5 Å². The van der Waals surface area contributed by atoms with Gasteiger partial charge in [0, 0.05) is 5.56 Å². The molecule has 4 rings (SSSR count). The van der Waals surface area contributed by atoms with Crippen molar-refractivity contribution < 1.29 is 24.5 Å². The third-order valence-electron chi connectivity index (χ3n) is 6.88. The summed E-state index contributed by atoms with van der Waals surface area (Å²) in [5.74, 6) is -0.840. The van der Waals surface area contributed by atoms with Crippen LogP contribution in [0.3, 0.4) is 0 Å². The molecular formula is C35H34O5. The third kappa shape index (κ3) is 8.70. The van der Waals surface area contributed by atoms with Crippen LogP contribution in [0.5, 0.6) is 5.75 Å².